The Hall–Kier alpha value is -1.58. The maximum absolute atomic E-state index is 11.6. The topological polar surface area (TPSA) is 52.6 Å². The quantitative estimate of drug-likeness (QED) is 0.398. The van der Waals surface area contributed by atoms with Gasteiger partial charge in [0.15, 0.2) is 0 Å². The van der Waals surface area contributed by atoms with Crippen LogP contribution in [0, 0.1) is 5.41 Å². The van der Waals surface area contributed by atoms with Crippen molar-refractivity contribution in [1.82, 2.24) is 0 Å². The second-order valence-electron chi connectivity index (χ2n) is 4.50. The fourth-order valence-corrected chi connectivity index (χ4v) is 1.36. The van der Waals surface area contributed by atoms with Gasteiger partial charge in [0, 0.05) is 6.42 Å². The first kappa shape index (κ1) is 16.4. The van der Waals surface area contributed by atoms with Crippen molar-refractivity contribution in [2.45, 2.75) is 40.5 Å². The van der Waals surface area contributed by atoms with Crippen LogP contribution in [0.5, 0.6) is 0 Å². The second kappa shape index (κ2) is 7.69. The minimum absolute atomic E-state index is 0.286. The fraction of sp³-hybridized carbons (Fsp3) is 0.571. The van der Waals surface area contributed by atoms with E-state index in [1.165, 1.54) is 0 Å². The molecule has 0 fully saturated rings. The average Bonchev–Trinajstić information content (AvgIpc) is 2.25. The molecule has 0 aromatic carbocycles. The van der Waals surface area contributed by atoms with Gasteiger partial charge in [0.25, 0.3) is 0 Å². The molecule has 0 heterocycles. The molecule has 0 spiro atoms. The third-order valence-corrected chi connectivity index (χ3v) is 2.19. The summed E-state index contributed by atoms with van der Waals surface area (Å²) >= 11 is 0. The predicted octanol–water partition coefficient (Wildman–Crippen LogP) is 2.99. The van der Waals surface area contributed by atoms with Crippen LogP contribution in [-0.2, 0) is 19.1 Å². The van der Waals surface area contributed by atoms with Gasteiger partial charge >= 0.3 is 11.9 Å². The van der Waals surface area contributed by atoms with Crippen molar-refractivity contribution in [3.8, 4) is 0 Å². The lowest BCUT2D eigenvalue weighted by molar-refractivity contribution is -0.151. The van der Waals surface area contributed by atoms with Crippen LogP contribution in [0.3, 0.4) is 0 Å². The minimum atomic E-state index is -0.807. The number of hydrogen-bond acceptors (Lipinski definition) is 4. The van der Waals surface area contributed by atoms with Crippen LogP contribution in [0.25, 0.3) is 0 Å². The van der Waals surface area contributed by atoms with Gasteiger partial charge < -0.3 is 9.47 Å². The van der Waals surface area contributed by atoms with Crippen molar-refractivity contribution in [3.63, 3.8) is 0 Å². The van der Waals surface area contributed by atoms with Gasteiger partial charge in [-0.25, -0.2) is 0 Å². The largest absolute Gasteiger partial charge is 0.465 e. The number of rotatable bonds is 7. The third-order valence-electron chi connectivity index (χ3n) is 2.19. The average molecular weight is 254 g/mol. The highest BCUT2D eigenvalue weighted by Crippen LogP contribution is 2.22. The van der Waals surface area contributed by atoms with Gasteiger partial charge in [-0.1, -0.05) is 6.08 Å². The molecule has 0 unspecified atom stereocenters. The molecule has 0 saturated carbocycles. The molecule has 0 N–H and O–H groups in total. The summed E-state index contributed by atoms with van der Waals surface area (Å²) in [6.45, 7) is 10.7. The first-order valence-electron chi connectivity index (χ1n) is 6.01. The molecular formula is C14H22O4. The lowest BCUT2D eigenvalue weighted by Crippen LogP contribution is -2.25. The van der Waals surface area contributed by atoms with Crippen LogP contribution < -0.4 is 0 Å². The number of carbonyl (C=O) groups excluding carboxylic acids is 2. The molecule has 0 aromatic heterocycles. The Balaban J connectivity index is 4.51. The molecule has 0 radical (unpaired) electrons. The molecule has 4 nitrogen and oxygen atoms in total. The Morgan fingerprint density at radius 3 is 2.44 bits per heavy atom. The Morgan fingerprint density at radius 1 is 1.33 bits per heavy atom. The molecular weight excluding hydrogens is 232 g/mol. The predicted molar refractivity (Wildman–Crippen MR) is 69.7 cm³/mol. The Kier molecular flexibility index (Phi) is 7.01. The van der Waals surface area contributed by atoms with Crippen molar-refractivity contribution < 1.29 is 19.1 Å². The van der Waals surface area contributed by atoms with Crippen LogP contribution in [0.4, 0.5) is 0 Å². The summed E-state index contributed by atoms with van der Waals surface area (Å²) in [5, 5.41) is 0. The highest BCUT2D eigenvalue weighted by Gasteiger charge is 2.27. The van der Waals surface area contributed by atoms with Crippen molar-refractivity contribution in [2.75, 3.05) is 6.61 Å². The van der Waals surface area contributed by atoms with E-state index in [0.29, 0.717) is 18.8 Å². The number of ether oxygens (including phenoxy) is 2. The molecule has 102 valence electrons. The summed E-state index contributed by atoms with van der Waals surface area (Å²) in [6.07, 6.45) is 4.11. The van der Waals surface area contributed by atoms with E-state index in [-0.39, 0.29) is 18.4 Å². The van der Waals surface area contributed by atoms with Crippen LogP contribution >= 0.6 is 0 Å². The van der Waals surface area contributed by atoms with Crippen LogP contribution in [0.2, 0.25) is 0 Å². The Labute approximate surface area is 109 Å². The SMILES string of the molecule is C=CCCC(=O)OC(C)=CC(C)(C)C(=O)OCC. The minimum Gasteiger partial charge on any atom is -0.465 e. The molecule has 0 rings (SSSR count). The van der Waals surface area contributed by atoms with Gasteiger partial charge in [-0.3, -0.25) is 9.59 Å². The number of esters is 2. The second-order valence-corrected chi connectivity index (χ2v) is 4.50. The van der Waals surface area contributed by atoms with Crippen molar-refractivity contribution in [3.05, 3.63) is 24.5 Å². The van der Waals surface area contributed by atoms with Crippen LogP contribution in [0.15, 0.2) is 24.5 Å². The monoisotopic (exact) mass is 254 g/mol. The van der Waals surface area contributed by atoms with E-state index in [1.54, 1.807) is 39.8 Å². The zero-order valence-corrected chi connectivity index (χ0v) is 11.6. The molecule has 0 saturated heterocycles. The third kappa shape index (κ3) is 6.23. The van der Waals surface area contributed by atoms with E-state index in [4.69, 9.17) is 9.47 Å². The van der Waals surface area contributed by atoms with E-state index in [0.717, 1.165) is 0 Å². The van der Waals surface area contributed by atoms with Crippen LogP contribution in [0.1, 0.15) is 40.5 Å². The van der Waals surface area contributed by atoms with E-state index < -0.39 is 5.41 Å². The highest BCUT2D eigenvalue weighted by atomic mass is 16.5. The molecule has 0 amide bonds. The molecule has 0 aliphatic heterocycles. The first-order valence-corrected chi connectivity index (χ1v) is 6.01. The van der Waals surface area contributed by atoms with E-state index in [2.05, 4.69) is 6.58 Å². The molecule has 0 aromatic rings. The first-order chi connectivity index (χ1) is 8.33. The summed E-state index contributed by atoms with van der Waals surface area (Å²) in [5.41, 5.74) is -0.807. The fourth-order valence-electron chi connectivity index (χ4n) is 1.36. The zero-order chi connectivity index (χ0) is 14.2. The van der Waals surface area contributed by atoms with Gasteiger partial charge in [-0.2, -0.15) is 0 Å². The maximum Gasteiger partial charge on any atom is 0.315 e. The molecule has 0 atom stereocenters. The number of allylic oxidation sites excluding steroid dienone is 2. The van der Waals surface area contributed by atoms with Gasteiger partial charge in [0.1, 0.15) is 5.76 Å². The molecule has 4 heteroatoms. The Morgan fingerprint density at radius 2 is 1.94 bits per heavy atom. The molecule has 0 aliphatic rings. The van der Waals surface area contributed by atoms with E-state index in [9.17, 15) is 9.59 Å². The van der Waals surface area contributed by atoms with Crippen molar-refractivity contribution in [1.29, 1.82) is 0 Å². The van der Waals surface area contributed by atoms with E-state index >= 15 is 0 Å². The summed E-state index contributed by atoms with van der Waals surface area (Å²) in [5.74, 6) is -0.267. The summed E-state index contributed by atoms with van der Waals surface area (Å²) in [4.78, 5) is 23.0. The summed E-state index contributed by atoms with van der Waals surface area (Å²) in [7, 11) is 0. The lowest BCUT2D eigenvalue weighted by atomic mass is 9.93. The highest BCUT2D eigenvalue weighted by molar-refractivity contribution is 5.78. The summed E-state index contributed by atoms with van der Waals surface area (Å²) < 4.78 is 10.0. The van der Waals surface area contributed by atoms with Gasteiger partial charge in [0.05, 0.1) is 12.0 Å². The summed E-state index contributed by atoms with van der Waals surface area (Å²) in [6, 6.07) is 0. The normalized spacial score (nSPS) is 11.9. The van der Waals surface area contributed by atoms with Crippen molar-refractivity contribution >= 4 is 11.9 Å². The zero-order valence-electron chi connectivity index (χ0n) is 11.6. The van der Waals surface area contributed by atoms with Gasteiger partial charge in [0.2, 0.25) is 0 Å². The van der Waals surface area contributed by atoms with Gasteiger partial charge in [-0.15, -0.1) is 6.58 Å². The molecule has 0 bridgehead atoms. The van der Waals surface area contributed by atoms with Gasteiger partial charge in [-0.05, 0) is 40.2 Å². The smallest absolute Gasteiger partial charge is 0.315 e. The number of hydrogen-bond donors (Lipinski definition) is 0. The van der Waals surface area contributed by atoms with Crippen molar-refractivity contribution in [2.24, 2.45) is 5.41 Å². The molecule has 0 aliphatic carbocycles. The Bertz CT molecular complexity index is 340. The maximum atomic E-state index is 11.6. The lowest BCUT2D eigenvalue weighted by Gasteiger charge is -2.18. The van der Waals surface area contributed by atoms with Crippen LogP contribution in [-0.4, -0.2) is 18.5 Å². The molecule has 18 heavy (non-hydrogen) atoms. The standard InChI is InChI=1S/C14H22O4/c1-6-8-9-12(15)18-11(3)10-14(4,5)13(16)17-7-2/h6,10H,1,7-9H2,2-5H3. The number of carbonyl (C=O) groups is 2. The van der Waals surface area contributed by atoms with E-state index in [1.807, 2.05) is 0 Å².